The molecule has 1 atom stereocenters. The fourth-order valence-corrected chi connectivity index (χ4v) is 1.71. The molecular formula is C13H17N3O2. The molecule has 0 saturated heterocycles. The Balaban J connectivity index is 2.08. The maximum Gasteiger partial charge on any atom is 0.216 e. The van der Waals surface area contributed by atoms with Gasteiger partial charge < -0.3 is 14.9 Å². The minimum atomic E-state index is -0.204. The summed E-state index contributed by atoms with van der Waals surface area (Å²) in [7, 11) is 1.58. The molecule has 0 aliphatic heterocycles. The van der Waals surface area contributed by atoms with Crippen LogP contribution in [0.15, 0.2) is 28.9 Å². The van der Waals surface area contributed by atoms with Gasteiger partial charge in [-0.3, -0.25) is 0 Å². The van der Waals surface area contributed by atoms with Crippen molar-refractivity contribution in [1.29, 1.82) is 0 Å². The van der Waals surface area contributed by atoms with E-state index in [-0.39, 0.29) is 6.04 Å². The molecule has 0 aliphatic rings. The van der Waals surface area contributed by atoms with Crippen LogP contribution in [0.2, 0.25) is 0 Å². The molecule has 0 bridgehead atoms. The molecule has 0 amide bonds. The van der Waals surface area contributed by atoms with Crippen LogP contribution in [0.25, 0.3) is 0 Å². The number of hydrogen-bond acceptors (Lipinski definition) is 5. The molecule has 96 valence electrons. The third-order valence-corrected chi connectivity index (χ3v) is 2.73. The van der Waals surface area contributed by atoms with Crippen molar-refractivity contribution < 1.29 is 9.15 Å². The van der Waals surface area contributed by atoms with Crippen LogP contribution in [-0.4, -0.2) is 17.1 Å². The van der Waals surface area contributed by atoms with Gasteiger partial charge in [-0.15, -0.1) is 0 Å². The largest absolute Gasteiger partial charge is 0.481 e. The van der Waals surface area contributed by atoms with E-state index in [0.29, 0.717) is 12.3 Å². The van der Waals surface area contributed by atoms with Crippen molar-refractivity contribution in [3.05, 3.63) is 41.7 Å². The van der Waals surface area contributed by atoms with Crippen LogP contribution in [0, 0.1) is 0 Å². The van der Waals surface area contributed by atoms with Gasteiger partial charge in [-0.25, -0.2) is 9.97 Å². The van der Waals surface area contributed by atoms with E-state index in [1.165, 1.54) is 6.33 Å². The fourth-order valence-electron chi connectivity index (χ4n) is 1.71. The maximum absolute atomic E-state index is 6.09. The molecule has 1 unspecified atom stereocenters. The summed E-state index contributed by atoms with van der Waals surface area (Å²) >= 11 is 0. The first kappa shape index (κ1) is 12.6. The molecule has 2 rings (SSSR count). The van der Waals surface area contributed by atoms with Crippen molar-refractivity contribution in [2.45, 2.75) is 25.8 Å². The lowest BCUT2D eigenvalue weighted by molar-refractivity contribution is 0.394. The SMILES string of the molecule is CCc1ccc(C(N)Cc2cc(OC)ncn2)o1. The van der Waals surface area contributed by atoms with Gasteiger partial charge in [0, 0.05) is 24.6 Å². The molecule has 2 N–H and O–H groups in total. The number of aromatic nitrogens is 2. The lowest BCUT2D eigenvalue weighted by Gasteiger charge is -2.08. The van der Waals surface area contributed by atoms with Crippen molar-refractivity contribution in [2.75, 3.05) is 7.11 Å². The van der Waals surface area contributed by atoms with Crippen molar-refractivity contribution in [2.24, 2.45) is 5.73 Å². The van der Waals surface area contributed by atoms with Gasteiger partial charge in [-0.2, -0.15) is 0 Å². The van der Waals surface area contributed by atoms with E-state index in [9.17, 15) is 0 Å². The smallest absolute Gasteiger partial charge is 0.216 e. The van der Waals surface area contributed by atoms with Crippen LogP contribution in [0.1, 0.15) is 30.2 Å². The number of nitrogens with two attached hydrogens (primary N) is 1. The quantitative estimate of drug-likeness (QED) is 0.873. The van der Waals surface area contributed by atoms with E-state index in [1.807, 2.05) is 19.1 Å². The van der Waals surface area contributed by atoms with Gasteiger partial charge in [-0.05, 0) is 12.1 Å². The first-order valence-corrected chi connectivity index (χ1v) is 5.92. The molecule has 18 heavy (non-hydrogen) atoms. The zero-order chi connectivity index (χ0) is 13.0. The summed E-state index contributed by atoms with van der Waals surface area (Å²) < 4.78 is 10.7. The van der Waals surface area contributed by atoms with Gasteiger partial charge in [0.25, 0.3) is 0 Å². The van der Waals surface area contributed by atoms with E-state index in [0.717, 1.165) is 23.6 Å². The Hall–Kier alpha value is -1.88. The van der Waals surface area contributed by atoms with Crippen molar-refractivity contribution >= 4 is 0 Å². The predicted octanol–water partition coefficient (Wildman–Crippen LogP) is 1.88. The third-order valence-electron chi connectivity index (χ3n) is 2.73. The minimum Gasteiger partial charge on any atom is -0.481 e. The molecular weight excluding hydrogens is 230 g/mol. The standard InChI is InChI=1S/C13H17N3O2/c1-3-10-4-5-12(18-10)11(14)6-9-7-13(17-2)16-8-15-9/h4-5,7-8,11H,3,6,14H2,1-2H3. The van der Waals surface area contributed by atoms with Gasteiger partial charge in [0.2, 0.25) is 5.88 Å². The lowest BCUT2D eigenvalue weighted by Crippen LogP contribution is -2.13. The second-order valence-electron chi connectivity index (χ2n) is 4.02. The third kappa shape index (κ3) is 2.87. The molecule has 0 radical (unpaired) electrons. The highest BCUT2D eigenvalue weighted by Gasteiger charge is 2.12. The summed E-state index contributed by atoms with van der Waals surface area (Å²) in [5.74, 6) is 2.27. The summed E-state index contributed by atoms with van der Waals surface area (Å²) in [5, 5.41) is 0. The van der Waals surface area contributed by atoms with Gasteiger partial charge in [0.05, 0.1) is 13.2 Å². The Morgan fingerprint density at radius 1 is 1.39 bits per heavy atom. The number of rotatable bonds is 5. The maximum atomic E-state index is 6.09. The molecule has 0 spiro atoms. The summed E-state index contributed by atoms with van der Waals surface area (Å²) in [6.07, 6.45) is 2.93. The molecule has 0 fully saturated rings. The minimum absolute atomic E-state index is 0.204. The molecule has 2 heterocycles. The predicted molar refractivity (Wildman–Crippen MR) is 67.3 cm³/mol. The van der Waals surface area contributed by atoms with Gasteiger partial charge in [-0.1, -0.05) is 6.92 Å². The normalized spacial score (nSPS) is 12.4. The van der Waals surface area contributed by atoms with Crippen LogP contribution >= 0.6 is 0 Å². The second kappa shape index (κ2) is 5.64. The molecule has 5 heteroatoms. The summed E-state index contributed by atoms with van der Waals surface area (Å²) in [6.45, 7) is 2.05. The highest BCUT2D eigenvalue weighted by Crippen LogP contribution is 2.19. The second-order valence-corrected chi connectivity index (χ2v) is 4.02. The Labute approximate surface area is 106 Å². The molecule has 2 aromatic heterocycles. The van der Waals surface area contributed by atoms with Crippen LogP contribution in [0.3, 0.4) is 0 Å². The van der Waals surface area contributed by atoms with Gasteiger partial charge >= 0.3 is 0 Å². The number of hydrogen-bond donors (Lipinski definition) is 1. The van der Waals surface area contributed by atoms with Gasteiger partial charge in [0.15, 0.2) is 0 Å². The zero-order valence-corrected chi connectivity index (χ0v) is 10.6. The van der Waals surface area contributed by atoms with E-state index >= 15 is 0 Å². The first-order valence-electron chi connectivity index (χ1n) is 5.92. The summed E-state index contributed by atoms with van der Waals surface area (Å²) in [5.41, 5.74) is 6.93. The highest BCUT2D eigenvalue weighted by molar-refractivity contribution is 5.17. The number of methoxy groups -OCH3 is 1. The average Bonchev–Trinajstić information content (AvgIpc) is 2.88. The Morgan fingerprint density at radius 3 is 2.89 bits per heavy atom. The first-order chi connectivity index (χ1) is 8.72. The van der Waals surface area contributed by atoms with E-state index < -0.39 is 0 Å². The number of ether oxygens (including phenoxy) is 1. The molecule has 5 nitrogen and oxygen atoms in total. The Morgan fingerprint density at radius 2 is 2.22 bits per heavy atom. The number of furan rings is 1. The van der Waals surface area contributed by atoms with Gasteiger partial charge in [0.1, 0.15) is 17.8 Å². The average molecular weight is 247 g/mol. The van der Waals surface area contributed by atoms with Crippen molar-refractivity contribution in [3.8, 4) is 5.88 Å². The number of aryl methyl sites for hydroxylation is 1. The zero-order valence-electron chi connectivity index (χ0n) is 10.6. The molecule has 0 aromatic carbocycles. The molecule has 0 saturated carbocycles. The van der Waals surface area contributed by atoms with Crippen molar-refractivity contribution in [3.63, 3.8) is 0 Å². The van der Waals surface area contributed by atoms with E-state index in [4.69, 9.17) is 14.9 Å². The van der Waals surface area contributed by atoms with Crippen LogP contribution < -0.4 is 10.5 Å². The summed E-state index contributed by atoms with van der Waals surface area (Å²) in [6, 6.07) is 5.45. The topological polar surface area (TPSA) is 74.2 Å². The van der Waals surface area contributed by atoms with E-state index in [2.05, 4.69) is 9.97 Å². The monoisotopic (exact) mass is 247 g/mol. The molecule has 0 aliphatic carbocycles. The fraction of sp³-hybridized carbons (Fsp3) is 0.385. The molecule has 2 aromatic rings. The Bertz CT molecular complexity index is 510. The van der Waals surface area contributed by atoms with Crippen LogP contribution in [0.5, 0.6) is 5.88 Å². The van der Waals surface area contributed by atoms with E-state index in [1.54, 1.807) is 13.2 Å². The van der Waals surface area contributed by atoms with Crippen LogP contribution in [-0.2, 0) is 12.8 Å². The van der Waals surface area contributed by atoms with Crippen molar-refractivity contribution in [1.82, 2.24) is 9.97 Å². The summed E-state index contributed by atoms with van der Waals surface area (Å²) in [4.78, 5) is 8.12. The Kier molecular flexibility index (Phi) is 3.94. The lowest BCUT2D eigenvalue weighted by atomic mass is 10.1. The highest BCUT2D eigenvalue weighted by atomic mass is 16.5. The van der Waals surface area contributed by atoms with Crippen LogP contribution in [0.4, 0.5) is 0 Å². The number of nitrogens with zero attached hydrogens (tertiary/aromatic N) is 2.